The average Bonchev–Trinajstić information content (AvgIpc) is 2.49. The minimum Gasteiger partial charge on any atom is -0.361 e. The summed E-state index contributed by atoms with van der Waals surface area (Å²) in [6, 6.07) is 2.14. The van der Waals surface area contributed by atoms with E-state index in [-0.39, 0.29) is 6.04 Å². The second kappa shape index (κ2) is 4.42. The molecule has 0 spiro atoms. The molecule has 0 aliphatic rings. The van der Waals surface area contributed by atoms with E-state index in [0.29, 0.717) is 5.92 Å². The predicted octanol–water partition coefficient (Wildman–Crippen LogP) is 1.90. The first-order valence-electron chi connectivity index (χ1n) is 4.81. The van der Waals surface area contributed by atoms with E-state index >= 15 is 0 Å². The molecule has 1 rings (SSSR count). The molecule has 2 atom stereocenters. The van der Waals surface area contributed by atoms with Crippen molar-refractivity contribution in [3.05, 3.63) is 17.5 Å². The molecule has 0 aliphatic carbocycles. The van der Waals surface area contributed by atoms with Crippen LogP contribution in [-0.4, -0.2) is 11.2 Å². The molecule has 0 fully saturated rings. The maximum atomic E-state index is 5.99. The highest BCUT2D eigenvalue weighted by atomic mass is 16.5. The van der Waals surface area contributed by atoms with Gasteiger partial charge in [0.2, 0.25) is 0 Å². The van der Waals surface area contributed by atoms with Crippen LogP contribution in [0.25, 0.3) is 0 Å². The molecule has 3 heteroatoms. The van der Waals surface area contributed by atoms with Crippen LogP contribution in [0.4, 0.5) is 0 Å². The molecule has 13 heavy (non-hydrogen) atoms. The van der Waals surface area contributed by atoms with E-state index in [0.717, 1.165) is 24.3 Å². The van der Waals surface area contributed by atoms with Crippen molar-refractivity contribution in [1.29, 1.82) is 0 Å². The van der Waals surface area contributed by atoms with E-state index in [1.165, 1.54) is 0 Å². The summed E-state index contributed by atoms with van der Waals surface area (Å²) in [6.07, 6.45) is 1.92. The van der Waals surface area contributed by atoms with Gasteiger partial charge in [0.1, 0.15) is 5.76 Å². The second-order valence-corrected chi connectivity index (χ2v) is 3.68. The third kappa shape index (κ3) is 2.84. The summed E-state index contributed by atoms with van der Waals surface area (Å²) < 4.78 is 4.97. The topological polar surface area (TPSA) is 52.0 Å². The van der Waals surface area contributed by atoms with Crippen LogP contribution in [0.2, 0.25) is 0 Å². The number of rotatable bonds is 4. The van der Waals surface area contributed by atoms with Gasteiger partial charge in [-0.1, -0.05) is 25.4 Å². The van der Waals surface area contributed by atoms with Crippen molar-refractivity contribution in [2.75, 3.05) is 0 Å². The van der Waals surface area contributed by atoms with Crippen molar-refractivity contribution in [3.8, 4) is 0 Å². The summed E-state index contributed by atoms with van der Waals surface area (Å²) in [7, 11) is 0. The van der Waals surface area contributed by atoms with Gasteiger partial charge >= 0.3 is 0 Å². The Hall–Kier alpha value is -0.830. The molecule has 2 N–H and O–H groups in total. The quantitative estimate of drug-likeness (QED) is 0.773. The molecule has 0 amide bonds. The largest absolute Gasteiger partial charge is 0.361 e. The smallest absolute Gasteiger partial charge is 0.133 e. The molecule has 1 heterocycles. The molecule has 0 saturated carbocycles. The van der Waals surface area contributed by atoms with Crippen LogP contribution >= 0.6 is 0 Å². The lowest BCUT2D eigenvalue weighted by Gasteiger charge is -2.16. The van der Waals surface area contributed by atoms with Crippen molar-refractivity contribution in [2.45, 2.75) is 39.7 Å². The number of nitrogens with zero attached hydrogens (tertiary/aromatic N) is 1. The van der Waals surface area contributed by atoms with E-state index in [2.05, 4.69) is 19.0 Å². The normalized spacial score (nSPS) is 15.7. The summed E-state index contributed by atoms with van der Waals surface area (Å²) in [5.41, 5.74) is 6.95. The van der Waals surface area contributed by atoms with Crippen molar-refractivity contribution in [1.82, 2.24) is 5.16 Å². The maximum absolute atomic E-state index is 5.99. The van der Waals surface area contributed by atoms with Crippen LogP contribution in [0.3, 0.4) is 0 Å². The average molecular weight is 182 g/mol. The Kier molecular flexibility index (Phi) is 3.48. The Balaban J connectivity index is 2.49. The third-order valence-electron chi connectivity index (χ3n) is 2.50. The second-order valence-electron chi connectivity index (χ2n) is 3.68. The summed E-state index contributed by atoms with van der Waals surface area (Å²) >= 11 is 0. The van der Waals surface area contributed by atoms with Crippen LogP contribution in [-0.2, 0) is 6.42 Å². The summed E-state index contributed by atoms with van der Waals surface area (Å²) in [5, 5.41) is 3.92. The van der Waals surface area contributed by atoms with Crippen LogP contribution in [0.15, 0.2) is 10.6 Å². The minimum absolute atomic E-state index is 0.189. The van der Waals surface area contributed by atoms with Gasteiger partial charge < -0.3 is 10.3 Å². The van der Waals surface area contributed by atoms with E-state index in [9.17, 15) is 0 Å². The van der Waals surface area contributed by atoms with E-state index in [4.69, 9.17) is 10.3 Å². The molecule has 74 valence electrons. The molecule has 2 unspecified atom stereocenters. The molecule has 0 bridgehead atoms. The Bertz CT molecular complexity index is 257. The fraction of sp³-hybridized carbons (Fsp3) is 0.700. The monoisotopic (exact) mass is 182 g/mol. The lowest BCUT2D eigenvalue weighted by molar-refractivity contribution is 0.379. The minimum atomic E-state index is 0.189. The van der Waals surface area contributed by atoms with Gasteiger partial charge in [0.05, 0.1) is 5.69 Å². The first kappa shape index (κ1) is 10.3. The SMILES string of the molecule is CCC(C)C(N)Cc1cc(C)on1. The van der Waals surface area contributed by atoms with Crippen molar-refractivity contribution in [2.24, 2.45) is 11.7 Å². The molecule has 0 radical (unpaired) electrons. The predicted molar refractivity (Wildman–Crippen MR) is 52.4 cm³/mol. The molecule has 1 aromatic rings. The lowest BCUT2D eigenvalue weighted by atomic mass is 9.96. The fourth-order valence-electron chi connectivity index (χ4n) is 1.26. The molecular weight excluding hydrogens is 164 g/mol. The zero-order valence-corrected chi connectivity index (χ0v) is 8.58. The van der Waals surface area contributed by atoms with Gasteiger partial charge in [-0.15, -0.1) is 0 Å². The third-order valence-corrected chi connectivity index (χ3v) is 2.50. The Morgan fingerprint density at radius 3 is 2.77 bits per heavy atom. The van der Waals surface area contributed by atoms with Gasteiger partial charge in [0, 0.05) is 18.5 Å². The summed E-state index contributed by atoms with van der Waals surface area (Å²) in [4.78, 5) is 0. The van der Waals surface area contributed by atoms with Gasteiger partial charge in [-0.25, -0.2) is 0 Å². The highest BCUT2D eigenvalue weighted by molar-refractivity contribution is 5.05. The number of aromatic nitrogens is 1. The standard InChI is InChI=1S/C10H18N2O/c1-4-7(2)10(11)6-9-5-8(3)13-12-9/h5,7,10H,4,6,11H2,1-3H3. The number of nitrogens with two attached hydrogens (primary N) is 1. The van der Waals surface area contributed by atoms with E-state index in [1.54, 1.807) is 0 Å². The first-order chi connectivity index (χ1) is 6.13. The van der Waals surface area contributed by atoms with Crippen molar-refractivity contribution >= 4 is 0 Å². The molecule has 0 saturated heterocycles. The summed E-state index contributed by atoms with van der Waals surface area (Å²) in [6.45, 7) is 6.21. The van der Waals surface area contributed by atoms with E-state index in [1.807, 2.05) is 13.0 Å². The van der Waals surface area contributed by atoms with Crippen LogP contribution < -0.4 is 5.73 Å². The maximum Gasteiger partial charge on any atom is 0.133 e. The van der Waals surface area contributed by atoms with Crippen LogP contribution in [0, 0.1) is 12.8 Å². The Morgan fingerprint density at radius 1 is 1.62 bits per heavy atom. The van der Waals surface area contributed by atoms with E-state index < -0.39 is 0 Å². The van der Waals surface area contributed by atoms with Crippen LogP contribution in [0.5, 0.6) is 0 Å². The molecule has 3 nitrogen and oxygen atoms in total. The highest BCUT2D eigenvalue weighted by Crippen LogP contribution is 2.11. The molecule has 0 aromatic carbocycles. The molecular formula is C10H18N2O. The van der Waals surface area contributed by atoms with Crippen molar-refractivity contribution < 1.29 is 4.52 Å². The lowest BCUT2D eigenvalue weighted by Crippen LogP contribution is -2.30. The van der Waals surface area contributed by atoms with Gasteiger partial charge in [-0.2, -0.15) is 0 Å². The fourth-order valence-corrected chi connectivity index (χ4v) is 1.26. The Morgan fingerprint density at radius 2 is 2.31 bits per heavy atom. The number of aryl methyl sites for hydroxylation is 1. The first-order valence-corrected chi connectivity index (χ1v) is 4.81. The Labute approximate surface area is 79.3 Å². The zero-order chi connectivity index (χ0) is 9.84. The highest BCUT2D eigenvalue weighted by Gasteiger charge is 2.13. The van der Waals surface area contributed by atoms with Crippen molar-refractivity contribution in [3.63, 3.8) is 0 Å². The number of hydrogen-bond acceptors (Lipinski definition) is 3. The van der Waals surface area contributed by atoms with Gasteiger partial charge in [0.15, 0.2) is 0 Å². The molecule has 1 aromatic heterocycles. The summed E-state index contributed by atoms with van der Waals surface area (Å²) in [5.74, 6) is 1.39. The van der Waals surface area contributed by atoms with Gasteiger partial charge in [0.25, 0.3) is 0 Å². The molecule has 0 aliphatic heterocycles. The van der Waals surface area contributed by atoms with Crippen LogP contribution in [0.1, 0.15) is 31.7 Å². The van der Waals surface area contributed by atoms with Gasteiger partial charge in [-0.05, 0) is 12.8 Å². The van der Waals surface area contributed by atoms with Gasteiger partial charge in [-0.3, -0.25) is 0 Å². The number of hydrogen-bond donors (Lipinski definition) is 1. The zero-order valence-electron chi connectivity index (χ0n) is 8.58.